The van der Waals surface area contributed by atoms with Crippen LogP contribution in [0.4, 0.5) is 34.8 Å². The fourth-order valence-corrected chi connectivity index (χ4v) is 2.93. The summed E-state index contributed by atoms with van der Waals surface area (Å²) in [6.45, 7) is 1.47. The number of nitrogens with zero attached hydrogens (tertiary/aromatic N) is 2. The molecule has 0 aliphatic carbocycles. The molecule has 1 aliphatic rings. The summed E-state index contributed by atoms with van der Waals surface area (Å²) in [4.78, 5) is 28.6. The third-order valence-corrected chi connectivity index (χ3v) is 4.43. The van der Waals surface area contributed by atoms with E-state index in [2.05, 4.69) is 20.9 Å². The second-order valence-electron chi connectivity index (χ2n) is 6.33. The fourth-order valence-electron chi connectivity index (χ4n) is 2.82. The molecule has 1 atom stereocenters. The quantitative estimate of drug-likeness (QED) is 0.630. The van der Waals surface area contributed by atoms with Gasteiger partial charge in [-0.05, 0) is 24.3 Å². The molecule has 0 radical (unpaired) electrons. The van der Waals surface area contributed by atoms with Crippen LogP contribution in [0.1, 0.15) is 0 Å². The standard InChI is InChI=1S/C18H16ClF4N5O2/c19-10-1-4-15(26-8-10)28(17(30)18(21,22)23)14-7-11(20)2-3-12(14)27-16(29)13-9-24-5-6-25-13/h1-4,7-8,13,24-25H,5-6,9H2,(H,27,29). The molecule has 1 fully saturated rings. The number of piperazine rings is 1. The summed E-state index contributed by atoms with van der Waals surface area (Å²) < 4.78 is 53.8. The van der Waals surface area contributed by atoms with Crippen molar-refractivity contribution in [3.63, 3.8) is 0 Å². The van der Waals surface area contributed by atoms with Gasteiger partial charge in [-0.25, -0.2) is 9.37 Å². The number of amides is 2. The zero-order chi connectivity index (χ0) is 21.9. The van der Waals surface area contributed by atoms with E-state index in [-0.39, 0.29) is 15.6 Å². The summed E-state index contributed by atoms with van der Waals surface area (Å²) in [5.74, 6) is -4.22. The number of aromatic nitrogens is 1. The van der Waals surface area contributed by atoms with Gasteiger partial charge in [0.25, 0.3) is 0 Å². The Morgan fingerprint density at radius 2 is 1.97 bits per heavy atom. The Kier molecular flexibility index (Phi) is 6.54. The van der Waals surface area contributed by atoms with Crippen LogP contribution < -0.4 is 20.9 Å². The van der Waals surface area contributed by atoms with Crippen LogP contribution in [0.3, 0.4) is 0 Å². The van der Waals surface area contributed by atoms with E-state index >= 15 is 0 Å². The van der Waals surface area contributed by atoms with E-state index in [1.165, 1.54) is 6.07 Å². The third kappa shape index (κ3) is 5.04. The van der Waals surface area contributed by atoms with Gasteiger partial charge >= 0.3 is 12.1 Å². The lowest BCUT2D eigenvalue weighted by atomic mass is 10.2. The van der Waals surface area contributed by atoms with E-state index in [0.717, 1.165) is 24.4 Å². The highest BCUT2D eigenvalue weighted by Crippen LogP contribution is 2.36. The highest BCUT2D eigenvalue weighted by Gasteiger charge is 2.45. The number of rotatable bonds is 4. The number of hydrogen-bond acceptors (Lipinski definition) is 5. The lowest BCUT2D eigenvalue weighted by molar-refractivity contribution is -0.169. The van der Waals surface area contributed by atoms with Crippen LogP contribution in [0.5, 0.6) is 0 Å². The summed E-state index contributed by atoms with van der Waals surface area (Å²) >= 11 is 5.73. The summed E-state index contributed by atoms with van der Waals surface area (Å²) in [6, 6.07) is 4.40. The summed E-state index contributed by atoms with van der Waals surface area (Å²) in [6.07, 6.45) is -4.24. The number of carbonyl (C=O) groups is 2. The van der Waals surface area contributed by atoms with Crippen molar-refractivity contribution in [3.8, 4) is 0 Å². The third-order valence-electron chi connectivity index (χ3n) is 4.20. The van der Waals surface area contributed by atoms with Gasteiger partial charge < -0.3 is 16.0 Å². The first-order valence-corrected chi connectivity index (χ1v) is 9.12. The van der Waals surface area contributed by atoms with E-state index in [1.54, 1.807) is 0 Å². The van der Waals surface area contributed by atoms with Gasteiger partial charge in [0, 0.05) is 31.9 Å². The molecule has 1 aromatic heterocycles. The molecule has 3 rings (SSSR count). The van der Waals surface area contributed by atoms with Crippen LogP contribution in [0, 0.1) is 5.82 Å². The molecular weight excluding hydrogens is 430 g/mol. The van der Waals surface area contributed by atoms with Crippen LogP contribution in [0.15, 0.2) is 36.5 Å². The average molecular weight is 446 g/mol. The Morgan fingerprint density at radius 3 is 2.57 bits per heavy atom. The molecule has 0 spiro atoms. The Labute approximate surface area is 173 Å². The number of halogens is 5. The monoisotopic (exact) mass is 445 g/mol. The largest absolute Gasteiger partial charge is 0.472 e. The van der Waals surface area contributed by atoms with Crippen molar-refractivity contribution in [2.75, 3.05) is 29.9 Å². The normalized spacial score (nSPS) is 16.8. The molecule has 1 unspecified atom stereocenters. The Balaban J connectivity index is 2.04. The first-order valence-electron chi connectivity index (χ1n) is 8.74. The number of nitrogens with one attached hydrogen (secondary N) is 3. The molecule has 2 heterocycles. The predicted octanol–water partition coefficient (Wildman–Crippen LogP) is 2.60. The zero-order valence-corrected chi connectivity index (χ0v) is 16.0. The first kappa shape index (κ1) is 21.9. The van der Waals surface area contributed by atoms with Gasteiger partial charge in [-0.2, -0.15) is 13.2 Å². The Bertz CT molecular complexity index is 933. The maximum absolute atomic E-state index is 13.9. The predicted molar refractivity (Wildman–Crippen MR) is 102 cm³/mol. The molecule has 3 N–H and O–H groups in total. The van der Waals surface area contributed by atoms with Gasteiger partial charge in [0.05, 0.1) is 22.4 Å². The van der Waals surface area contributed by atoms with Gasteiger partial charge in [0.2, 0.25) is 5.91 Å². The Morgan fingerprint density at radius 1 is 1.20 bits per heavy atom. The van der Waals surface area contributed by atoms with E-state index in [0.29, 0.717) is 25.7 Å². The van der Waals surface area contributed by atoms with Crippen molar-refractivity contribution in [3.05, 3.63) is 47.4 Å². The van der Waals surface area contributed by atoms with Gasteiger partial charge in [-0.1, -0.05) is 11.6 Å². The topological polar surface area (TPSA) is 86.4 Å². The minimum absolute atomic E-state index is 0.127. The number of alkyl halides is 3. The van der Waals surface area contributed by atoms with E-state index in [1.807, 2.05) is 0 Å². The van der Waals surface area contributed by atoms with E-state index < -0.39 is 41.4 Å². The SMILES string of the molecule is O=C(Nc1ccc(F)cc1N(C(=O)C(F)(F)F)c1ccc(Cl)cn1)C1CNCCN1. The van der Waals surface area contributed by atoms with Crippen LogP contribution >= 0.6 is 11.6 Å². The number of hydrogen-bond donors (Lipinski definition) is 3. The number of pyridine rings is 1. The van der Waals surface area contributed by atoms with E-state index in [9.17, 15) is 27.2 Å². The fraction of sp³-hybridized carbons (Fsp3) is 0.278. The zero-order valence-electron chi connectivity index (χ0n) is 15.3. The molecule has 0 saturated carbocycles. The molecule has 2 amide bonds. The summed E-state index contributed by atoms with van der Waals surface area (Å²) in [5, 5.41) is 8.52. The average Bonchev–Trinajstić information content (AvgIpc) is 2.71. The second-order valence-corrected chi connectivity index (χ2v) is 6.77. The van der Waals surface area contributed by atoms with Gasteiger partial charge in [-0.3, -0.25) is 14.5 Å². The number of anilines is 3. The lowest BCUT2D eigenvalue weighted by Crippen LogP contribution is -2.54. The molecule has 7 nitrogen and oxygen atoms in total. The highest BCUT2D eigenvalue weighted by atomic mass is 35.5. The number of benzene rings is 1. The summed E-state index contributed by atoms with van der Waals surface area (Å²) in [5.41, 5.74) is -0.715. The minimum atomic E-state index is -5.29. The van der Waals surface area contributed by atoms with Crippen LogP contribution in [-0.4, -0.2) is 48.7 Å². The molecular formula is C18H16ClF4N5O2. The Hall–Kier alpha value is -2.76. The molecule has 1 aliphatic heterocycles. The van der Waals surface area contributed by atoms with Crippen LogP contribution in [-0.2, 0) is 9.59 Å². The van der Waals surface area contributed by atoms with Crippen molar-refractivity contribution in [2.24, 2.45) is 0 Å². The molecule has 12 heteroatoms. The molecule has 30 heavy (non-hydrogen) atoms. The molecule has 1 saturated heterocycles. The maximum atomic E-state index is 13.9. The van der Waals surface area contributed by atoms with Crippen molar-refractivity contribution < 1.29 is 27.2 Å². The smallest absolute Gasteiger partial charge is 0.323 e. The second kappa shape index (κ2) is 8.94. The van der Waals surface area contributed by atoms with Crippen molar-refractivity contribution >= 4 is 40.6 Å². The van der Waals surface area contributed by atoms with Gasteiger partial charge in [-0.15, -0.1) is 0 Å². The summed E-state index contributed by atoms with van der Waals surface area (Å²) in [7, 11) is 0. The van der Waals surface area contributed by atoms with Crippen molar-refractivity contribution in [1.82, 2.24) is 15.6 Å². The molecule has 2 aromatic rings. The van der Waals surface area contributed by atoms with Gasteiger partial charge in [0.15, 0.2) is 0 Å². The first-order chi connectivity index (χ1) is 14.2. The lowest BCUT2D eigenvalue weighted by Gasteiger charge is -2.27. The highest BCUT2D eigenvalue weighted by molar-refractivity contribution is 6.30. The van der Waals surface area contributed by atoms with E-state index in [4.69, 9.17) is 11.6 Å². The van der Waals surface area contributed by atoms with Crippen molar-refractivity contribution in [1.29, 1.82) is 0 Å². The molecule has 160 valence electrons. The maximum Gasteiger partial charge on any atom is 0.472 e. The molecule has 0 bridgehead atoms. The minimum Gasteiger partial charge on any atom is -0.323 e. The van der Waals surface area contributed by atoms with Crippen molar-refractivity contribution in [2.45, 2.75) is 12.2 Å². The number of carbonyl (C=O) groups excluding carboxylic acids is 2. The van der Waals surface area contributed by atoms with Crippen LogP contribution in [0.2, 0.25) is 5.02 Å². The molecule has 1 aromatic carbocycles. The van der Waals surface area contributed by atoms with Gasteiger partial charge in [0.1, 0.15) is 11.6 Å². The van der Waals surface area contributed by atoms with Crippen LogP contribution in [0.25, 0.3) is 0 Å².